The molecule has 0 aromatic heterocycles. The largest absolute Gasteiger partial charge is 0.497 e. The first kappa shape index (κ1) is 11.6. The van der Waals surface area contributed by atoms with Crippen molar-refractivity contribution in [1.82, 2.24) is 0 Å². The maximum atomic E-state index is 7.22. The number of ether oxygens (including phenoxy) is 2. The van der Waals surface area contributed by atoms with Crippen molar-refractivity contribution in [3.63, 3.8) is 0 Å². The van der Waals surface area contributed by atoms with E-state index in [1.807, 2.05) is 18.2 Å². The molecule has 108 valence electrons. The Hall–Kier alpha value is -1.18. The summed E-state index contributed by atoms with van der Waals surface area (Å²) in [6.07, 6.45) is 4.03. The fraction of sp³-hybridized carbons (Fsp3) is 0.647. The molecular formula is C17H28O2. The number of unbranched alkanes of at least 4 members (excludes halogenated alkanes) is 2. The SMILES string of the molecule is [2H]C([2H])([2H])CCCCCC(C)(C)c1cc(OC)cc(OC)c1. The van der Waals surface area contributed by atoms with E-state index in [1.165, 1.54) is 5.56 Å². The number of rotatable bonds is 8. The number of hydrogen-bond acceptors (Lipinski definition) is 2. The monoisotopic (exact) mass is 267 g/mol. The van der Waals surface area contributed by atoms with Crippen molar-refractivity contribution in [3.05, 3.63) is 23.8 Å². The molecule has 1 aromatic rings. The molecule has 0 saturated carbocycles. The molecule has 0 radical (unpaired) electrons. The van der Waals surface area contributed by atoms with Crippen LogP contribution in [0, 0.1) is 0 Å². The van der Waals surface area contributed by atoms with Crippen molar-refractivity contribution in [3.8, 4) is 11.5 Å². The molecule has 0 fully saturated rings. The molecule has 2 nitrogen and oxygen atoms in total. The molecule has 0 aliphatic rings. The lowest BCUT2D eigenvalue weighted by Crippen LogP contribution is -2.17. The van der Waals surface area contributed by atoms with Crippen molar-refractivity contribution in [1.29, 1.82) is 0 Å². The minimum Gasteiger partial charge on any atom is -0.497 e. The zero-order valence-electron chi connectivity index (χ0n) is 15.6. The molecule has 0 aliphatic heterocycles. The van der Waals surface area contributed by atoms with Gasteiger partial charge in [0.1, 0.15) is 11.5 Å². The Labute approximate surface area is 122 Å². The van der Waals surface area contributed by atoms with E-state index in [0.29, 0.717) is 6.42 Å². The van der Waals surface area contributed by atoms with Crippen LogP contribution < -0.4 is 9.47 Å². The van der Waals surface area contributed by atoms with Crippen molar-refractivity contribution in [2.45, 2.75) is 58.2 Å². The van der Waals surface area contributed by atoms with Crippen LogP contribution in [0.25, 0.3) is 0 Å². The summed E-state index contributed by atoms with van der Waals surface area (Å²) in [4.78, 5) is 0. The summed E-state index contributed by atoms with van der Waals surface area (Å²) >= 11 is 0. The Bertz CT molecular complexity index is 445. The van der Waals surface area contributed by atoms with E-state index < -0.39 is 6.85 Å². The molecule has 0 unspecified atom stereocenters. The van der Waals surface area contributed by atoms with Crippen molar-refractivity contribution < 1.29 is 13.6 Å². The Morgan fingerprint density at radius 3 is 2.16 bits per heavy atom. The lowest BCUT2D eigenvalue weighted by molar-refractivity contribution is 0.386. The molecule has 0 saturated heterocycles. The summed E-state index contributed by atoms with van der Waals surface area (Å²) in [6, 6.07) is 5.96. The molecule has 0 aliphatic carbocycles. The van der Waals surface area contributed by atoms with E-state index in [1.54, 1.807) is 14.2 Å². The Balaban J connectivity index is 2.62. The molecule has 2 heteroatoms. The molecule has 1 rings (SSSR count). The van der Waals surface area contributed by atoms with E-state index >= 15 is 0 Å². The van der Waals surface area contributed by atoms with Crippen LogP contribution in [0.3, 0.4) is 0 Å². The molecule has 0 bridgehead atoms. The summed E-state index contributed by atoms with van der Waals surface area (Å²) in [5, 5.41) is 0. The van der Waals surface area contributed by atoms with E-state index in [0.717, 1.165) is 37.2 Å². The molecular weight excluding hydrogens is 236 g/mol. The summed E-state index contributed by atoms with van der Waals surface area (Å²) in [5.41, 5.74) is 1.18. The molecule has 0 amide bonds. The van der Waals surface area contributed by atoms with Crippen LogP contribution in [0.2, 0.25) is 0 Å². The van der Waals surface area contributed by atoms with E-state index in [-0.39, 0.29) is 5.41 Å². The van der Waals surface area contributed by atoms with Gasteiger partial charge in [-0.2, -0.15) is 0 Å². The second-order valence-corrected chi connectivity index (χ2v) is 5.55. The molecule has 0 atom stereocenters. The quantitative estimate of drug-likeness (QED) is 0.620. The first-order valence-corrected chi connectivity index (χ1v) is 6.91. The van der Waals surface area contributed by atoms with E-state index in [4.69, 9.17) is 13.6 Å². The predicted octanol–water partition coefficient (Wildman–Crippen LogP) is 4.95. The van der Waals surface area contributed by atoms with Crippen molar-refractivity contribution in [2.75, 3.05) is 14.2 Å². The minimum atomic E-state index is -1.80. The second-order valence-electron chi connectivity index (χ2n) is 5.55. The Morgan fingerprint density at radius 2 is 1.63 bits per heavy atom. The van der Waals surface area contributed by atoms with Gasteiger partial charge in [-0.15, -0.1) is 0 Å². The van der Waals surface area contributed by atoms with Crippen LogP contribution in [0.5, 0.6) is 11.5 Å². The van der Waals surface area contributed by atoms with Crippen LogP contribution in [0.4, 0.5) is 0 Å². The third kappa shape index (κ3) is 4.77. The van der Waals surface area contributed by atoms with Crippen LogP contribution >= 0.6 is 0 Å². The molecule has 1 aromatic carbocycles. The maximum Gasteiger partial charge on any atom is 0.122 e. The van der Waals surface area contributed by atoms with Gasteiger partial charge in [-0.1, -0.05) is 46.4 Å². The Morgan fingerprint density at radius 1 is 1.00 bits per heavy atom. The zero-order chi connectivity index (χ0) is 16.8. The predicted molar refractivity (Wildman–Crippen MR) is 81.3 cm³/mol. The fourth-order valence-corrected chi connectivity index (χ4v) is 2.21. The van der Waals surface area contributed by atoms with Crippen LogP contribution in [0.1, 0.15) is 62.5 Å². The number of methoxy groups -OCH3 is 2. The first-order chi connectivity index (χ1) is 10.2. The van der Waals surface area contributed by atoms with E-state index in [2.05, 4.69) is 13.8 Å². The summed E-state index contributed by atoms with van der Waals surface area (Å²) in [5.74, 6) is 1.59. The summed E-state index contributed by atoms with van der Waals surface area (Å²) < 4.78 is 32.3. The van der Waals surface area contributed by atoms with Gasteiger partial charge in [0.15, 0.2) is 0 Å². The van der Waals surface area contributed by atoms with Crippen molar-refractivity contribution in [2.24, 2.45) is 0 Å². The zero-order valence-corrected chi connectivity index (χ0v) is 12.6. The third-order valence-corrected chi connectivity index (χ3v) is 3.61. The van der Waals surface area contributed by atoms with E-state index in [9.17, 15) is 0 Å². The summed E-state index contributed by atoms with van der Waals surface area (Å²) in [7, 11) is 3.31. The first-order valence-electron chi connectivity index (χ1n) is 8.41. The molecule has 19 heavy (non-hydrogen) atoms. The lowest BCUT2D eigenvalue weighted by Gasteiger charge is -2.26. The second kappa shape index (κ2) is 7.42. The van der Waals surface area contributed by atoms with Gasteiger partial charge in [0.25, 0.3) is 0 Å². The number of benzene rings is 1. The van der Waals surface area contributed by atoms with Crippen LogP contribution in [0.15, 0.2) is 18.2 Å². The third-order valence-electron chi connectivity index (χ3n) is 3.61. The van der Waals surface area contributed by atoms with Gasteiger partial charge in [0.05, 0.1) is 14.2 Å². The highest BCUT2D eigenvalue weighted by atomic mass is 16.5. The standard InChI is InChI=1S/C17H28O2/c1-6-7-8-9-10-17(2,3)14-11-15(18-4)13-16(12-14)19-5/h11-13H,6-10H2,1-5H3/i1D3. The minimum absolute atomic E-state index is 0.00179. The van der Waals surface area contributed by atoms with Gasteiger partial charge < -0.3 is 9.47 Å². The average molecular weight is 267 g/mol. The van der Waals surface area contributed by atoms with Crippen LogP contribution in [-0.2, 0) is 5.41 Å². The molecule has 0 spiro atoms. The topological polar surface area (TPSA) is 18.5 Å². The number of hydrogen-bond donors (Lipinski definition) is 0. The van der Waals surface area contributed by atoms with Gasteiger partial charge in [0.2, 0.25) is 0 Å². The highest BCUT2D eigenvalue weighted by Crippen LogP contribution is 2.34. The average Bonchev–Trinajstić information content (AvgIpc) is 2.44. The summed E-state index contributed by atoms with van der Waals surface area (Å²) in [6.45, 7) is 2.60. The van der Waals surface area contributed by atoms with Gasteiger partial charge in [0, 0.05) is 10.2 Å². The van der Waals surface area contributed by atoms with Gasteiger partial charge in [-0.05, 0) is 29.5 Å². The maximum absolute atomic E-state index is 7.22. The normalized spacial score (nSPS) is 14.4. The van der Waals surface area contributed by atoms with Gasteiger partial charge >= 0.3 is 0 Å². The highest BCUT2D eigenvalue weighted by Gasteiger charge is 2.21. The Kier molecular flexibility index (Phi) is 4.54. The van der Waals surface area contributed by atoms with Gasteiger partial charge in [-0.3, -0.25) is 0 Å². The smallest absolute Gasteiger partial charge is 0.122 e. The molecule has 0 N–H and O–H groups in total. The fourth-order valence-electron chi connectivity index (χ4n) is 2.21. The van der Waals surface area contributed by atoms with Gasteiger partial charge in [-0.25, -0.2) is 0 Å². The molecule has 0 heterocycles. The van der Waals surface area contributed by atoms with Crippen molar-refractivity contribution >= 4 is 0 Å². The van der Waals surface area contributed by atoms with Crippen LogP contribution in [-0.4, -0.2) is 14.2 Å². The highest BCUT2D eigenvalue weighted by molar-refractivity contribution is 5.41. The lowest BCUT2D eigenvalue weighted by atomic mass is 9.80.